The molecule has 1 fully saturated rings. The van der Waals surface area contributed by atoms with Gasteiger partial charge in [0.15, 0.2) is 11.6 Å². The molecule has 2 aliphatic heterocycles. The molecule has 2 aromatic rings. The fourth-order valence-electron chi connectivity index (χ4n) is 4.41. The maximum atomic E-state index is 13.2. The number of nitrogens with zero attached hydrogens (tertiary/aromatic N) is 2. The standard InChI is InChI=1S/C23H27F2N3O/c24-20-10-8-18(15-21(20)25)23(29)26-11-3-4-12-27-13-14-28-19(16-27)9-7-17-5-1-2-6-22(17)28/h1-2,5-6,8,10,15,19H,3-4,7,9,11-14,16H2,(H,26,29). The minimum Gasteiger partial charge on any atom is -0.366 e. The molecule has 0 saturated carbocycles. The number of amides is 1. The zero-order valence-electron chi connectivity index (χ0n) is 16.5. The van der Waals surface area contributed by atoms with Crippen molar-refractivity contribution in [1.29, 1.82) is 0 Å². The summed E-state index contributed by atoms with van der Waals surface area (Å²) in [5.74, 6) is -2.30. The molecule has 0 radical (unpaired) electrons. The zero-order chi connectivity index (χ0) is 20.2. The van der Waals surface area contributed by atoms with Crippen LogP contribution >= 0.6 is 0 Å². The number of rotatable bonds is 6. The summed E-state index contributed by atoms with van der Waals surface area (Å²) in [7, 11) is 0. The number of anilines is 1. The molecule has 4 nitrogen and oxygen atoms in total. The van der Waals surface area contributed by atoms with E-state index in [2.05, 4.69) is 39.4 Å². The van der Waals surface area contributed by atoms with Gasteiger partial charge in [-0.25, -0.2) is 8.78 Å². The summed E-state index contributed by atoms with van der Waals surface area (Å²) in [4.78, 5) is 17.1. The predicted octanol–water partition coefficient (Wildman–Crippen LogP) is 3.61. The van der Waals surface area contributed by atoms with Crippen molar-refractivity contribution in [3.05, 3.63) is 65.2 Å². The van der Waals surface area contributed by atoms with Crippen LogP contribution in [0.15, 0.2) is 42.5 Å². The van der Waals surface area contributed by atoms with E-state index in [9.17, 15) is 13.6 Å². The molecule has 0 aromatic heterocycles. The van der Waals surface area contributed by atoms with Crippen molar-refractivity contribution < 1.29 is 13.6 Å². The first-order valence-electron chi connectivity index (χ1n) is 10.4. The smallest absolute Gasteiger partial charge is 0.251 e. The van der Waals surface area contributed by atoms with Gasteiger partial charge >= 0.3 is 0 Å². The van der Waals surface area contributed by atoms with Crippen molar-refractivity contribution >= 4 is 11.6 Å². The largest absolute Gasteiger partial charge is 0.366 e. The number of aryl methyl sites for hydroxylation is 1. The van der Waals surface area contributed by atoms with Crippen LogP contribution in [0, 0.1) is 11.6 Å². The van der Waals surface area contributed by atoms with Crippen molar-refractivity contribution in [2.75, 3.05) is 37.6 Å². The van der Waals surface area contributed by atoms with Crippen LogP contribution in [-0.4, -0.2) is 49.6 Å². The summed E-state index contributed by atoms with van der Waals surface area (Å²) in [5, 5.41) is 2.78. The second-order valence-electron chi connectivity index (χ2n) is 7.91. The van der Waals surface area contributed by atoms with E-state index in [0.717, 1.165) is 57.6 Å². The molecule has 1 N–H and O–H groups in total. The molecule has 2 aliphatic rings. The fraction of sp³-hybridized carbons (Fsp3) is 0.435. The number of hydrogen-bond donors (Lipinski definition) is 1. The zero-order valence-corrected chi connectivity index (χ0v) is 16.5. The monoisotopic (exact) mass is 399 g/mol. The van der Waals surface area contributed by atoms with Crippen LogP contribution in [0.3, 0.4) is 0 Å². The Balaban J connectivity index is 1.18. The summed E-state index contributed by atoms with van der Waals surface area (Å²) in [6.45, 7) is 4.78. The highest BCUT2D eigenvalue weighted by atomic mass is 19.2. The Morgan fingerprint density at radius 3 is 2.79 bits per heavy atom. The van der Waals surface area contributed by atoms with E-state index >= 15 is 0 Å². The number of carbonyl (C=O) groups is 1. The number of halogens is 2. The number of hydrogen-bond acceptors (Lipinski definition) is 3. The van der Waals surface area contributed by atoms with Crippen molar-refractivity contribution in [1.82, 2.24) is 10.2 Å². The Hall–Kier alpha value is -2.47. The van der Waals surface area contributed by atoms with Gasteiger partial charge in [-0.15, -0.1) is 0 Å². The van der Waals surface area contributed by atoms with Crippen LogP contribution in [-0.2, 0) is 6.42 Å². The molecular weight excluding hydrogens is 372 g/mol. The van der Waals surface area contributed by atoms with Gasteiger partial charge in [0.2, 0.25) is 0 Å². The molecule has 0 bridgehead atoms. The van der Waals surface area contributed by atoms with E-state index < -0.39 is 11.6 Å². The van der Waals surface area contributed by atoms with Gasteiger partial charge in [0.05, 0.1) is 0 Å². The minimum atomic E-state index is -0.998. The molecule has 1 unspecified atom stereocenters. The number of piperazine rings is 1. The quantitative estimate of drug-likeness (QED) is 0.754. The molecule has 4 rings (SSSR count). The van der Waals surface area contributed by atoms with Gasteiger partial charge in [-0.3, -0.25) is 9.69 Å². The van der Waals surface area contributed by atoms with Crippen molar-refractivity contribution in [3.8, 4) is 0 Å². The van der Waals surface area contributed by atoms with E-state index in [0.29, 0.717) is 12.6 Å². The molecule has 2 aromatic carbocycles. The summed E-state index contributed by atoms with van der Waals surface area (Å²) >= 11 is 0. The average Bonchev–Trinajstić information content (AvgIpc) is 2.75. The number of nitrogens with one attached hydrogen (secondary N) is 1. The van der Waals surface area contributed by atoms with Crippen LogP contribution in [0.1, 0.15) is 35.2 Å². The number of benzene rings is 2. The first-order valence-corrected chi connectivity index (χ1v) is 10.4. The van der Waals surface area contributed by atoms with Crippen LogP contribution in [0.4, 0.5) is 14.5 Å². The third-order valence-electron chi connectivity index (χ3n) is 5.98. The van der Waals surface area contributed by atoms with Crippen LogP contribution in [0.25, 0.3) is 0 Å². The summed E-state index contributed by atoms with van der Waals surface area (Å²) in [6.07, 6.45) is 4.23. The van der Waals surface area contributed by atoms with E-state index in [1.54, 1.807) is 0 Å². The Morgan fingerprint density at radius 1 is 1.07 bits per heavy atom. The first-order chi connectivity index (χ1) is 14.1. The molecule has 6 heteroatoms. The SMILES string of the molecule is O=C(NCCCCN1CCN2c3ccccc3CCC2C1)c1ccc(F)c(F)c1. The maximum absolute atomic E-state index is 13.2. The van der Waals surface area contributed by atoms with E-state index in [4.69, 9.17) is 0 Å². The average molecular weight is 399 g/mol. The van der Waals surface area contributed by atoms with Crippen LogP contribution < -0.4 is 10.2 Å². The van der Waals surface area contributed by atoms with Gasteiger partial charge < -0.3 is 10.2 Å². The van der Waals surface area contributed by atoms with E-state index in [1.807, 2.05) is 0 Å². The van der Waals surface area contributed by atoms with Gasteiger partial charge in [0.25, 0.3) is 5.91 Å². The van der Waals surface area contributed by atoms with Gasteiger partial charge in [-0.05, 0) is 62.1 Å². The van der Waals surface area contributed by atoms with Crippen molar-refractivity contribution in [2.45, 2.75) is 31.7 Å². The van der Waals surface area contributed by atoms with E-state index in [1.165, 1.54) is 23.7 Å². The number of para-hydroxylation sites is 1. The Morgan fingerprint density at radius 2 is 1.93 bits per heavy atom. The summed E-state index contributed by atoms with van der Waals surface area (Å²) in [6, 6.07) is 12.5. The highest BCUT2D eigenvalue weighted by Gasteiger charge is 2.30. The van der Waals surface area contributed by atoms with Gasteiger partial charge in [0, 0.05) is 43.5 Å². The lowest BCUT2D eigenvalue weighted by atomic mass is 9.94. The molecule has 154 valence electrons. The molecular formula is C23H27F2N3O. The fourth-order valence-corrected chi connectivity index (χ4v) is 4.41. The molecule has 2 heterocycles. The van der Waals surface area contributed by atoms with Gasteiger partial charge in [0.1, 0.15) is 0 Å². The van der Waals surface area contributed by atoms with Crippen LogP contribution in [0.5, 0.6) is 0 Å². The lowest BCUT2D eigenvalue weighted by Gasteiger charge is -2.46. The molecule has 0 spiro atoms. The predicted molar refractivity (Wildman–Crippen MR) is 110 cm³/mol. The van der Waals surface area contributed by atoms with Gasteiger partial charge in [-0.2, -0.15) is 0 Å². The molecule has 1 amide bonds. The number of unbranched alkanes of at least 4 members (excludes halogenated alkanes) is 1. The highest BCUT2D eigenvalue weighted by Crippen LogP contribution is 2.32. The topological polar surface area (TPSA) is 35.6 Å². The second kappa shape index (κ2) is 8.91. The lowest BCUT2D eigenvalue weighted by Crippen LogP contribution is -2.55. The third-order valence-corrected chi connectivity index (χ3v) is 5.98. The van der Waals surface area contributed by atoms with Crippen molar-refractivity contribution in [3.63, 3.8) is 0 Å². The third kappa shape index (κ3) is 4.58. The number of carbonyl (C=O) groups excluding carboxylic acids is 1. The highest BCUT2D eigenvalue weighted by molar-refractivity contribution is 5.94. The molecule has 1 saturated heterocycles. The van der Waals surface area contributed by atoms with Gasteiger partial charge in [-0.1, -0.05) is 18.2 Å². The molecule has 0 aliphatic carbocycles. The first kappa shape index (κ1) is 19.8. The maximum Gasteiger partial charge on any atom is 0.251 e. The van der Waals surface area contributed by atoms with Crippen LogP contribution in [0.2, 0.25) is 0 Å². The summed E-state index contributed by atoms with van der Waals surface area (Å²) in [5.41, 5.74) is 3.02. The molecule has 1 atom stereocenters. The second-order valence-corrected chi connectivity index (χ2v) is 7.91. The Bertz CT molecular complexity index is 873. The van der Waals surface area contributed by atoms with Crippen molar-refractivity contribution in [2.24, 2.45) is 0 Å². The van der Waals surface area contributed by atoms with E-state index in [-0.39, 0.29) is 11.5 Å². The summed E-state index contributed by atoms with van der Waals surface area (Å²) < 4.78 is 26.2. The minimum absolute atomic E-state index is 0.151. The molecule has 29 heavy (non-hydrogen) atoms. The normalized spacial score (nSPS) is 18.8. The Labute approximate surface area is 170 Å². The lowest BCUT2D eigenvalue weighted by molar-refractivity contribution is 0.0952. The number of fused-ring (bicyclic) bond motifs is 3. The Kier molecular flexibility index (Phi) is 6.09.